The van der Waals surface area contributed by atoms with E-state index in [2.05, 4.69) is 10.3 Å². The molecule has 2 aromatic heterocycles. The second-order valence-electron chi connectivity index (χ2n) is 6.06. The molecule has 0 N–H and O–H groups in total. The molecule has 0 aliphatic rings. The third kappa shape index (κ3) is 3.46. The van der Waals surface area contributed by atoms with Crippen LogP contribution in [0.5, 0.6) is 0 Å². The third-order valence-corrected chi connectivity index (χ3v) is 5.20. The van der Waals surface area contributed by atoms with E-state index in [9.17, 15) is 9.18 Å². The Kier molecular flexibility index (Phi) is 4.68. The molecule has 0 unspecified atom stereocenters. The molecule has 4 rings (SSSR count). The molecule has 7 heteroatoms. The molecule has 4 aromatic rings. The van der Waals surface area contributed by atoms with Gasteiger partial charge < -0.3 is 4.90 Å². The van der Waals surface area contributed by atoms with Crippen LogP contribution in [0.1, 0.15) is 22.2 Å². The fourth-order valence-corrected chi connectivity index (χ4v) is 3.65. The van der Waals surface area contributed by atoms with Gasteiger partial charge in [0.2, 0.25) is 0 Å². The van der Waals surface area contributed by atoms with E-state index < -0.39 is 0 Å². The van der Waals surface area contributed by atoms with E-state index in [1.54, 1.807) is 45.2 Å². The summed E-state index contributed by atoms with van der Waals surface area (Å²) in [6.45, 7) is 3.12. The summed E-state index contributed by atoms with van der Waals surface area (Å²) >= 11 is 1.58. The average Bonchev–Trinajstić information content (AvgIpc) is 3.35. The lowest BCUT2D eigenvalue weighted by molar-refractivity contribution is 0.0985. The van der Waals surface area contributed by atoms with Crippen molar-refractivity contribution in [3.05, 3.63) is 76.2 Å². The number of hydrogen-bond acceptors (Lipinski definition) is 4. The van der Waals surface area contributed by atoms with Crippen molar-refractivity contribution < 1.29 is 9.18 Å². The molecule has 0 fully saturated rings. The minimum Gasteiger partial charge on any atom is -0.303 e. The normalized spacial score (nSPS) is 11.0. The van der Waals surface area contributed by atoms with Crippen LogP contribution in [0.2, 0.25) is 0 Å². The summed E-state index contributed by atoms with van der Waals surface area (Å²) in [5.41, 5.74) is 2.73. The number of benzene rings is 2. The highest BCUT2D eigenvalue weighted by Crippen LogP contribution is 2.24. The molecule has 1 amide bonds. The standard InChI is InChI=1S/C20H17FN4OS/c1-2-25-19-10-5-14(12-18(19)22-23-25)20(26)24(13-17-4-3-11-27-17)16-8-6-15(21)7-9-16/h3-12H,2,13H2,1H3. The number of thiophene rings is 1. The first-order valence-corrected chi connectivity index (χ1v) is 9.46. The Morgan fingerprint density at radius 1 is 1.19 bits per heavy atom. The van der Waals surface area contributed by atoms with E-state index in [-0.39, 0.29) is 11.7 Å². The van der Waals surface area contributed by atoms with Crippen molar-refractivity contribution in [2.45, 2.75) is 20.0 Å². The Balaban J connectivity index is 1.72. The molecule has 0 spiro atoms. The highest BCUT2D eigenvalue weighted by molar-refractivity contribution is 7.09. The number of aromatic nitrogens is 3. The monoisotopic (exact) mass is 380 g/mol. The molecule has 0 atom stereocenters. The fraction of sp³-hybridized carbons (Fsp3) is 0.150. The van der Waals surface area contributed by atoms with Crippen LogP contribution in [0.25, 0.3) is 11.0 Å². The minimum atomic E-state index is -0.333. The van der Waals surface area contributed by atoms with Crippen LogP contribution in [0.15, 0.2) is 60.0 Å². The zero-order chi connectivity index (χ0) is 18.8. The molecule has 27 heavy (non-hydrogen) atoms. The summed E-state index contributed by atoms with van der Waals surface area (Å²) in [6, 6.07) is 15.3. The summed E-state index contributed by atoms with van der Waals surface area (Å²) in [4.78, 5) is 16.0. The van der Waals surface area contributed by atoms with E-state index in [0.717, 1.165) is 10.4 Å². The summed E-state index contributed by atoms with van der Waals surface area (Å²) < 4.78 is 15.1. The Morgan fingerprint density at radius 2 is 2.00 bits per heavy atom. The second-order valence-corrected chi connectivity index (χ2v) is 7.09. The number of hydrogen-bond donors (Lipinski definition) is 0. The third-order valence-electron chi connectivity index (χ3n) is 4.34. The summed E-state index contributed by atoms with van der Waals surface area (Å²) in [5, 5.41) is 10.2. The molecular weight excluding hydrogens is 363 g/mol. The van der Waals surface area contributed by atoms with Crippen LogP contribution < -0.4 is 4.90 Å². The van der Waals surface area contributed by atoms with Crippen molar-refractivity contribution in [2.75, 3.05) is 4.90 Å². The van der Waals surface area contributed by atoms with Gasteiger partial charge in [0, 0.05) is 22.7 Å². The van der Waals surface area contributed by atoms with Gasteiger partial charge in [0.05, 0.1) is 12.1 Å². The molecule has 0 saturated carbocycles. The van der Waals surface area contributed by atoms with Crippen molar-refractivity contribution in [3.63, 3.8) is 0 Å². The predicted octanol–water partition coefficient (Wildman–Crippen LogP) is 4.50. The maximum Gasteiger partial charge on any atom is 0.258 e. The lowest BCUT2D eigenvalue weighted by Crippen LogP contribution is -2.30. The van der Waals surface area contributed by atoms with E-state index in [1.807, 2.05) is 30.5 Å². The lowest BCUT2D eigenvalue weighted by atomic mass is 10.1. The zero-order valence-corrected chi connectivity index (χ0v) is 15.5. The molecule has 2 aromatic carbocycles. The Bertz CT molecular complexity index is 1070. The number of nitrogens with zero attached hydrogens (tertiary/aromatic N) is 4. The number of carbonyl (C=O) groups is 1. The van der Waals surface area contributed by atoms with Gasteiger partial charge in [-0.2, -0.15) is 0 Å². The van der Waals surface area contributed by atoms with Gasteiger partial charge in [-0.15, -0.1) is 16.4 Å². The number of halogens is 1. The van der Waals surface area contributed by atoms with Crippen LogP contribution in [0.4, 0.5) is 10.1 Å². The van der Waals surface area contributed by atoms with E-state index in [1.165, 1.54) is 12.1 Å². The van der Waals surface area contributed by atoms with Crippen molar-refractivity contribution in [1.82, 2.24) is 15.0 Å². The van der Waals surface area contributed by atoms with Gasteiger partial charge in [0.25, 0.3) is 5.91 Å². The molecule has 0 bridgehead atoms. The SMILES string of the molecule is CCn1nnc2cc(C(=O)N(Cc3cccs3)c3ccc(F)cc3)ccc21. The maximum absolute atomic E-state index is 13.3. The van der Waals surface area contributed by atoms with Gasteiger partial charge in [-0.05, 0) is 60.8 Å². The molecular formula is C20H17FN4OS. The molecule has 2 heterocycles. The van der Waals surface area contributed by atoms with Gasteiger partial charge >= 0.3 is 0 Å². The number of amides is 1. The van der Waals surface area contributed by atoms with E-state index in [4.69, 9.17) is 0 Å². The average molecular weight is 380 g/mol. The minimum absolute atomic E-state index is 0.164. The topological polar surface area (TPSA) is 51.0 Å². The lowest BCUT2D eigenvalue weighted by Gasteiger charge is -2.22. The Labute approximate surface area is 159 Å². The van der Waals surface area contributed by atoms with Crippen molar-refractivity contribution in [3.8, 4) is 0 Å². The number of anilines is 1. The van der Waals surface area contributed by atoms with Crippen LogP contribution in [-0.2, 0) is 13.1 Å². The smallest absolute Gasteiger partial charge is 0.258 e. The summed E-state index contributed by atoms with van der Waals surface area (Å²) in [6.07, 6.45) is 0. The van der Waals surface area contributed by atoms with Gasteiger partial charge in [0.1, 0.15) is 11.3 Å². The predicted molar refractivity (Wildman–Crippen MR) is 104 cm³/mol. The van der Waals surface area contributed by atoms with Gasteiger partial charge in [-0.1, -0.05) is 11.3 Å². The first-order chi connectivity index (χ1) is 13.2. The van der Waals surface area contributed by atoms with E-state index >= 15 is 0 Å². The second kappa shape index (κ2) is 7.28. The fourth-order valence-electron chi connectivity index (χ4n) is 2.95. The van der Waals surface area contributed by atoms with Crippen molar-refractivity contribution in [1.29, 1.82) is 0 Å². The molecule has 5 nitrogen and oxygen atoms in total. The highest BCUT2D eigenvalue weighted by Gasteiger charge is 2.20. The quantitative estimate of drug-likeness (QED) is 0.512. The van der Waals surface area contributed by atoms with Crippen molar-refractivity contribution in [2.24, 2.45) is 0 Å². The van der Waals surface area contributed by atoms with Crippen LogP contribution in [0.3, 0.4) is 0 Å². The summed E-state index contributed by atoms with van der Waals surface area (Å²) in [5.74, 6) is -0.497. The van der Waals surface area contributed by atoms with Gasteiger partial charge in [-0.3, -0.25) is 4.79 Å². The Hall–Kier alpha value is -3.06. The molecule has 0 aliphatic heterocycles. The number of fused-ring (bicyclic) bond motifs is 1. The van der Waals surface area contributed by atoms with Crippen molar-refractivity contribution >= 4 is 34.0 Å². The first kappa shape index (κ1) is 17.4. The van der Waals surface area contributed by atoms with Gasteiger partial charge in [-0.25, -0.2) is 9.07 Å². The largest absolute Gasteiger partial charge is 0.303 e. The molecule has 136 valence electrons. The van der Waals surface area contributed by atoms with Crippen LogP contribution >= 0.6 is 11.3 Å². The van der Waals surface area contributed by atoms with Crippen LogP contribution in [0, 0.1) is 5.82 Å². The Morgan fingerprint density at radius 3 is 2.70 bits per heavy atom. The number of rotatable bonds is 5. The highest BCUT2D eigenvalue weighted by atomic mass is 32.1. The van der Waals surface area contributed by atoms with Crippen LogP contribution in [-0.4, -0.2) is 20.9 Å². The molecule has 0 saturated heterocycles. The zero-order valence-electron chi connectivity index (χ0n) is 14.7. The van der Waals surface area contributed by atoms with E-state index in [0.29, 0.717) is 29.9 Å². The van der Waals surface area contributed by atoms with Gasteiger partial charge in [0.15, 0.2) is 0 Å². The first-order valence-electron chi connectivity index (χ1n) is 8.59. The molecule has 0 aliphatic carbocycles. The number of aryl methyl sites for hydroxylation is 1. The molecule has 0 radical (unpaired) electrons. The summed E-state index contributed by atoms with van der Waals surface area (Å²) in [7, 11) is 0. The maximum atomic E-state index is 13.3. The number of carbonyl (C=O) groups excluding carboxylic acids is 1.